The van der Waals surface area contributed by atoms with Crippen LogP contribution in [-0.4, -0.2) is 31.1 Å². The van der Waals surface area contributed by atoms with Gasteiger partial charge in [-0.2, -0.15) is 0 Å². The average Bonchev–Trinajstić information content (AvgIpc) is 3.02. The average molecular weight is 306 g/mol. The van der Waals surface area contributed by atoms with E-state index < -0.39 is 0 Å². The highest BCUT2D eigenvalue weighted by molar-refractivity contribution is 5.25. The Balaban J connectivity index is 1.43. The molecule has 2 saturated heterocycles. The number of benzene rings is 2. The van der Waals surface area contributed by atoms with Crippen molar-refractivity contribution < 1.29 is 0 Å². The molecule has 1 N–H and O–H groups in total. The number of hydrogen-bond donors (Lipinski definition) is 1. The quantitative estimate of drug-likeness (QED) is 0.931. The van der Waals surface area contributed by atoms with Crippen LogP contribution < -0.4 is 5.32 Å². The van der Waals surface area contributed by atoms with Gasteiger partial charge < -0.3 is 5.32 Å². The molecule has 0 amide bonds. The maximum atomic E-state index is 3.68. The number of piperidine rings is 1. The molecule has 0 radical (unpaired) electrons. The molecule has 2 aliphatic heterocycles. The molecule has 1 unspecified atom stereocenters. The van der Waals surface area contributed by atoms with Gasteiger partial charge in [-0.1, -0.05) is 60.7 Å². The smallest absolute Gasteiger partial charge is 0.0233 e. The Morgan fingerprint density at radius 3 is 2.26 bits per heavy atom. The lowest BCUT2D eigenvalue weighted by Gasteiger charge is -2.43. The van der Waals surface area contributed by atoms with Crippen molar-refractivity contribution in [2.24, 2.45) is 5.41 Å². The van der Waals surface area contributed by atoms with Gasteiger partial charge in [0.15, 0.2) is 0 Å². The molecule has 2 aliphatic rings. The van der Waals surface area contributed by atoms with Crippen molar-refractivity contribution >= 4 is 0 Å². The standard InChI is InChI=1S/C21H26N2/c1-3-7-18(8-4-1)16-23-13-11-21(12-14-23)17-22-15-20(21)19-9-5-2-6-10-19/h1-10,20,22H,11-17H2. The summed E-state index contributed by atoms with van der Waals surface area (Å²) in [7, 11) is 0. The Labute approximate surface area is 139 Å². The van der Waals surface area contributed by atoms with E-state index in [1.54, 1.807) is 0 Å². The second-order valence-corrected chi connectivity index (χ2v) is 7.22. The third-order valence-corrected chi connectivity index (χ3v) is 5.87. The van der Waals surface area contributed by atoms with Crippen LogP contribution in [0.15, 0.2) is 60.7 Å². The molecule has 0 aliphatic carbocycles. The maximum absolute atomic E-state index is 3.68. The van der Waals surface area contributed by atoms with E-state index in [-0.39, 0.29) is 0 Å². The minimum absolute atomic E-state index is 0.467. The van der Waals surface area contributed by atoms with Crippen LogP contribution in [0.5, 0.6) is 0 Å². The Hall–Kier alpha value is -1.64. The molecule has 23 heavy (non-hydrogen) atoms. The zero-order valence-corrected chi connectivity index (χ0v) is 13.7. The lowest BCUT2D eigenvalue weighted by Crippen LogP contribution is -2.43. The van der Waals surface area contributed by atoms with Crippen LogP contribution in [0.25, 0.3) is 0 Å². The van der Waals surface area contributed by atoms with Crippen LogP contribution in [0.1, 0.15) is 29.9 Å². The molecular weight excluding hydrogens is 280 g/mol. The minimum Gasteiger partial charge on any atom is -0.316 e. The van der Waals surface area contributed by atoms with Gasteiger partial charge in [-0.25, -0.2) is 0 Å². The first-order valence-corrected chi connectivity index (χ1v) is 8.88. The third-order valence-electron chi connectivity index (χ3n) is 5.87. The number of hydrogen-bond acceptors (Lipinski definition) is 2. The molecule has 0 saturated carbocycles. The summed E-state index contributed by atoms with van der Waals surface area (Å²) >= 11 is 0. The largest absolute Gasteiger partial charge is 0.316 e. The normalized spacial score (nSPS) is 24.1. The van der Waals surface area contributed by atoms with Crippen molar-refractivity contribution in [2.75, 3.05) is 26.2 Å². The monoisotopic (exact) mass is 306 g/mol. The van der Waals surface area contributed by atoms with Crippen molar-refractivity contribution in [3.63, 3.8) is 0 Å². The summed E-state index contributed by atoms with van der Waals surface area (Å²) in [6.45, 7) is 5.87. The van der Waals surface area contributed by atoms with Crippen LogP contribution in [0.4, 0.5) is 0 Å². The van der Waals surface area contributed by atoms with Crippen LogP contribution >= 0.6 is 0 Å². The van der Waals surface area contributed by atoms with E-state index in [1.807, 2.05) is 0 Å². The van der Waals surface area contributed by atoms with Crippen molar-refractivity contribution in [3.8, 4) is 0 Å². The van der Waals surface area contributed by atoms with Crippen molar-refractivity contribution in [3.05, 3.63) is 71.8 Å². The molecule has 0 aromatic heterocycles. The molecule has 2 heteroatoms. The summed E-state index contributed by atoms with van der Waals surface area (Å²) < 4.78 is 0. The van der Waals surface area contributed by atoms with Gasteiger partial charge in [0.05, 0.1) is 0 Å². The van der Waals surface area contributed by atoms with E-state index in [1.165, 1.54) is 43.6 Å². The molecule has 2 fully saturated rings. The summed E-state index contributed by atoms with van der Waals surface area (Å²) in [6.07, 6.45) is 2.62. The summed E-state index contributed by atoms with van der Waals surface area (Å²) in [5.41, 5.74) is 3.43. The van der Waals surface area contributed by atoms with Gasteiger partial charge in [0.1, 0.15) is 0 Å². The molecular formula is C21H26N2. The zero-order valence-electron chi connectivity index (χ0n) is 13.7. The molecule has 1 atom stereocenters. The molecule has 1 spiro atoms. The Morgan fingerprint density at radius 2 is 1.57 bits per heavy atom. The highest BCUT2D eigenvalue weighted by Gasteiger charge is 2.45. The highest BCUT2D eigenvalue weighted by Crippen LogP contribution is 2.46. The fourth-order valence-corrected chi connectivity index (χ4v) is 4.49. The first kappa shape index (κ1) is 14.9. The van der Waals surface area contributed by atoms with Gasteiger partial charge in [-0.15, -0.1) is 0 Å². The molecule has 4 rings (SSSR count). The van der Waals surface area contributed by atoms with Gasteiger partial charge in [0, 0.05) is 25.6 Å². The maximum Gasteiger partial charge on any atom is 0.0233 e. The molecule has 2 aromatic rings. The lowest BCUT2D eigenvalue weighted by atomic mass is 9.68. The molecule has 120 valence electrons. The second-order valence-electron chi connectivity index (χ2n) is 7.22. The third kappa shape index (κ3) is 3.06. The Bertz CT molecular complexity index is 615. The van der Waals surface area contributed by atoms with Crippen LogP contribution in [-0.2, 0) is 6.54 Å². The van der Waals surface area contributed by atoms with Gasteiger partial charge in [-0.3, -0.25) is 4.90 Å². The summed E-state index contributed by atoms with van der Waals surface area (Å²) in [6, 6.07) is 22.0. The van der Waals surface area contributed by atoms with E-state index in [4.69, 9.17) is 0 Å². The van der Waals surface area contributed by atoms with E-state index in [9.17, 15) is 0 Å². The highest BCUT2D eigenvalue weighted by atomic mass is 15.1. The Morgan fingerprint density at radius 1 is 0.913 bits per heavy atom. The van der Waals surface area contributed by atoms with Crippen molar-refractivity contribution in [2.45, 2.75) is 25.3 Å². The van der Waals surface area contributed by atoms with Gasteiger partial charge in [0.25, 0.3) is 0 Å². The summed E-state index contributed by atoms with van der Waals surface area (Å²) in [5, 5.41) is 3.68. The second kappa shape index (κ2) is 6.46. The van der Waals surface area contributed by atoms with E-state index in [0.717, 1.165) is 13.1 Å². The predicted octanol–water partition coefficient (Wildman–Crippen LogP) is 3.66. The van der Waals surface area contributed by atoms with E-state index >= 15 is 0 Å². The molecule has 0 bridgehead atoms. The molecule has 2 heterocycles. The van der Waals surface area contributed by atoms with Crippen LogP contribution in [0.2, 0.25) is 0 Å². The molecule has 2 aromatic carbocycles. The minimum atomic E-state index is 0.467. The predicted molar refractivity (Wildman–Crippen MR) is 95.4 cm³/mol. The first-order valence-electron chi connectivity index (χ1n) is 8.88. The number of rotatable bonds is 3. The van der Waals surface area contributed by atoms with Gasteiger partial charge in [0.2, 0.25) is 0 Å². The van der Waals surface area contributed by atoms with E-state index in [0.29, 0.717) is 11.3 Å². The summed E-state index contributed by atoms with van der Waals surface area (Å²) in [5.74, 6) is 0.683. The zero-order chi connectivity index (χ0) is 15.5. The van der Waals surface area contributed by atoms with Crippen molar-refractivity contribution in [1.29, 1.82) is 0 Å². The fraction of sp³-hybridized carbons (Fsp3) is 0.429. The number of likely N-dealkylation sites (tertiary alicyclic amines) is 1. The van der Waals surface area contributed by atoms with Crippen LogP contribution in [0.3, 0.4) is 0 Å². The first-order chi connectivity index (χ1) is 11.4. The number of nitrogens with zero attached hydrogens (tertiary/aromatic N) is 1. The lowest BCUT2D eigenvalue weighted by molar-refractivity contribution is 0.100. The number of nitrogens with one attached hydrogen (secondary N) is 1. The fourth-order valence-electron chi connectivity index (χ4n) is 4.49. The van der Waals surface area contributed by atoms with E-state index in [2.05, 4.69) is 70.9 Å². The topological polar surface area (TPSA) is 15.3 Å². The SMILES string of the molecule is c1ccc(CN2CCC3(CC2)CNCC3c2ccccc2)cc1. The Kier molecular flexibility index (Phi) is 4.19. The molecule has 2 nitrogen and oxygen atoms in total. The van der Waals surface area contributed by atoms with Gasteiger partial charge >= 0.3 is 0 Å². The summed E-state index contributed by atoms with van der Waals surface area (Å²) in [4.78, 5) is 2.63. The van der Waals surface area contributed by atoms with Crippen LogP contribution in [0, 0.1) is 5.41 Å². The van der Waals surface area contributed by atoms with Gasteiger partial charge in [-0.05, 0) is 42.5 Å². The van der Waals surface area contributed by atoms with Crippen molar-refractivity contribution in [1.82, 2.24) is 10.2 Å².